The zero-order valence-corrected chi connectivity index (χ0v) is 25.1. The highest BCUT2D eigenvalue weighted by Gasteiger charge is 2.43. The van der Waals surface area contributed by atoms with Gasteiger partial charge in [0.15, 0.2) is 0 Å². The lowest BCUT2D eigenvalue weighted by molar-refractivity contribution is 0.657. The molecule has 4 aliphatic carbocycles. The Bertz CT molecular complexity index is 2630. The van der Waals surface area contributed by atoms with Crippen LogP contribution in [-0.4, -0.2) is 4.57 Å². The Morgan fingerprint density at radius 3 is 2.27 bits per heavy atom. The first-order valence-electron chi connectivity index (χ1n) is 16.0. The smallest absolute Gasteiger partial charge is 0.143 e. The number of rotatable bonds is 1. The molecule has 0 saturated heterocycles. The van der Waals surface area contributed by atoms with Gasteiger partial charge in [0.2, 0.25) is 0 Å². The molecule has 0 fully saturated rings. The number of furan rings is 1. The number of hydrogen-bond acceptors (Lipinski definition) is 1. The fraction of sp³-hybridized carbons (Fsp3) is 0.116. The Kier molecular flexibility index (Phi) is 4.29. The summed E-state index contributed by atoms with van der Waals surface area (Å²) in [5.41, 5.74) is 16.6. The van der Waals surface area contributed by atoms with Gasteiger partial charge < -0.3 is 8.98 Å². The van der Waals surface area contributed by atoms with Crippen molar-refractivity contribution in [3.63, 3.8) is 0 Å². The molecule has 5 aromatic carbocycles. The van der Waals surface area contributed by atoms with E-state index in [4.69, 9.17) is 4.42 Å². The maximum absolute atomic E-state index is 6.62. The molecule has 2 nitrogen and oxygen atoms in total. The summed E-state index contributed by atoms with van der Waals surface area (Å²) in [5.74, 6) is 0.616. The van der Waals surface area contributed by atoms with Crippen LogP contribution in [0.25, 0.3) is 71.7 Å². The van der Waals surface area contributed by atoms with Crippen LogP contribution in [0.2, 0.25) is 0 Å². The van der Waals surface area contributed by atoms with Crippen molar-refractivity contribution in [2.45, 2.75) is 19.3 Å². The van der Waals surface area contributed by atoms with Crippen molar-refractivity contribution in [2.24, 2.45) is 11.8 Å². The lowest BCUT2D eigenvalue weighted by Gasteiger charge is -2.32. The van der Waals surface area contributed by atoms with Gasteiger partial charge in [-0.1, -0.05) is 117 Å². The maximum atomic E-state index is 6.62. The van der Waals surface area contributed by atoms with Crippen LogP contribution in [0.4, 0.5) is 0 Å². The van der Waals surface area contributed by atoms with E-state index < -0.39 is 0 Å². The Labute approximate surface area is 260 Å². The second-order valence-electron chi connectivity index (χ2n) is 13.6. The van der Waals surface area contributed by atoms with Gasteiger partial charge in [-0.25, -0.2) is 0 Å². The van der Waals surface area contributed by atoms with Crippen LogP contribution < -0.4 is 0 Å². The quantitative estimate of drug-likeness (QED) is 0.190. The van der Waals surface area contributed by atoms with Crippen molar-refractivity contribution < 1.29 is 4.42 Å². The summed E-state index contributed by atoms with van der Waals surface area (Å²) >= 11 is 0. The molecule has 0 spiro atoms. The van der Waals surface area contributed by atoms with E-state index in [9.17, 15) is 0 Å². The van der Waals surface area contributed by atoms with E-state index in [-0.39, 0.29) is 11.3 Å². The highest BCUT2D eigenvalue weighted by atomic mass is 16.3. The summed E-state index contributed by atoms with van der Waals surface area (Å²) in [5, 5.41) is 5.04. The van der Waals surface area contributed by atoms with E-state index in [1.807, 2.05) is 0 Å². The minimum atomic E-state index is -0.186. The minimum Gasteiger partial charge on any atom is -0.455 e. The summed E-state index contributed by atoms with van der Waals surface area (Å²) in [6, 6.07) is 35.7. The lowest BCUT2D eigenvalue weighted by Crippen LogP contribution is -2.21. The normalized spacial score (nSPS) is 20.3. The van der Waals surface area contributed by atoms with Gasteiger partial charge in [-0.05, 0) is 63.2 Å². The molecule has 0 aliphatic heterocycles. The van der Waals surface area contributed by atoms with Gasteiger partial charge in [0, 0.05) is 50.1 Å². The second-order valence-corrected chi connectivity index (χ2v) is 13.6. The summed E-state index contributed by atoms with van der Waals surface area (Å²) in [6.07, 6.45) is 11.8. The summed E-state index contributed by atoms with van der Waals surface area (Å²) in [4.78, 5) is 0. The van der Waals surface area contributed by atoms with Crippen molar-refractivity contribution >= 4 is 60.6 Å². The molecule has 0 N–H and O–H groups in total. The molecule has 0 bridgehead atoms. The topological polar surface area (TPSA) is 18.1 Å². The fourth-order valence-corrected chi connectivity index (χ4v) is 9.34. The van der Waals surface area contributed by atoms with Gasteiger partial charge in [0.1, 0.15) is 11.2 Å². The van der Waals surface area contributed by atoms with Gasteiger partial charge in [-0.3, -0.25) is 0 Å². The van der Waals surface area contributed by atoms with Crippen LogP contribution in [0.3, 0.4) is 0 Å². The Morgan fingerprint density at radius 2 is 1.40 bits per heavy atom. The van der Waals surface area contributed by atoms with E-state index >= 15 is 0 Å². The molecule has 0 amide bonds. The SMILES string of the molecule is CC1(C)c2ccc3c(oc4ccccc43)c2-c2ccc3c(c21)c1ccccc1n3C1=CC=C2c3ccccc3C3=CC=CC1C32. The van der Waals surface area contributed by atoms with Crippen LogP contribution in [-0.2, 0) is 5.41 Å². The number of nitrogens with zero attached hydrogens (tertiary/aromatic N) is 1. The van der Waals surface area contributed by atoms with Crippen molar-refractivity contribution in [3.8, 4) is 11.1 Å². The second kappa shape index (κ2) is 8.02. The molecule has 11 rings (SSSR count). The average Bonchev–Trinajstić information content (AvgIpc) is 3.78. The minimum absolute atomic E-state index is 0.186. The van der Waals surface area contributed by atoms with E-state index in [0.29, 0.717) is 5.92 Å². The van der Waals surface area contributed by atoms with Crippen molar-refractivity contribution in [3.05, 3.63) is 150 Å². The molecule has 0 saturated carbocycles. The lowest BCUT2D eigenvalue weighted by atomic mass is 9.75. The highest BCUT2D eigenvalue weighted by Crippen LogP contribution is 2.58. The van der Waals surface area contributed by atoms with Crippen molar-refractivity contribution in [1.82, 2.24) is 4.57 Å². The molecule has 4 aliphatic rings. The zero-order chi connectivity index (χ0) is 29.6. The molecule has 2 heterocycles. The number of aromatic nitrogens is 1. The standard InChI is InChI=1S/C43H29NO/c1-43(2)33-21-18-29-26-12-6-8-17-37(26)45-42(29)39(33)32-20-23-36-40(41(32)43)31-13-5-7-16-34(31)44(36)35-22-19-28-25-11-4-3-10-24(25)27-14-9-15-30(35)38(27)28/h3-23,30,38H,1-2H3. The number of benzene rings is 5. The van der Waals surface area contributed by atoms with E-state index in [0.717, 1.165) is 11.2 Å². The Morgan fingerprint density at radius 1 is 0.644 bits per heavy atom. The van der Waals surface area contributed by atoms with Crippen LogP contribution in [0.15, 0.2) is 132 Å². The molecular formula is C43H29NO. The first kappa shape index (κ1) is 24.0. The molecule has 2 heteroatoms. The van der Waals surface area contributed by atoms with E-state index in [1.54, 1.807) is 0 Å². The number of hydrogen-bond donors (Lipinski definition) is 0. The third-order valence-electron chi connectivity index (χ3n) is 11.2. The van der Waals surface area contributed by atoms with Crippen LogP contribution in [0.1, 0.15) is 36.1 Å². The molecule has 2 aromatic heterocycles. The van der Waals surface area contributed by atoms with Gasteiger partial charge >= 0.3 is 0 Å². The molecule has 45 heavy (non-hydrogen) atoms. The predicted octanol–water partition coefficient (Wildman–Crippen LogP) is 11.1. The van der Waals surface area contributed by atoms with Crippen molar-refractivity contribution in [2.75, 3.05) is 0 Å². The zero-order valence-electron chi connectivity index (χ0n) is 25.1. The molecule has 2 unspecified atom stereocenters. The number of allylic oxidation sites excluding steroid dienone is 8. The third-order valence-corrected chi connectivity index (χ3v) is 11.2. The van der Waals surface area contributed by atoms with Crippen LogP contribution >= 0.6 is 0 Å². The van der Waals surface area contributed by atoms with Crippen LogP contribution in [0.5, 0.6) is 0 Å². The molecular weight excluding hydrogens is 546 g/mol. The largest absolute Gasteiger partial charge is 0.455 e. The first-order chi connectivity index (χ1) is 22.1. The Hall–Kier alpha value is -5.34. The molecule has 212 valence electrons. The first-order valence-corrected chi connectivity index (χ1v) is 16.0. The van der Waals surface area contributed by atoms with E-state index in [2.05, 4.69) is 146 Å². The van der Waals surface area contributed by atoms with Crippen molar-refractivity contribution in [1.29, 1.82) is 0 Å². The third kappa shape index (κ3) is 2.78. The van der Waals surface area contributed by atoms with Gasteiger partial charge in [0.05, 0.1) is 11.0 Å². The van der Waals surface area contributed by atoms with Gasteiger partial charge in [-0.2, -0.15) is 0 Å². The van der Waals surface area contributed by atoms with Gasteiger partial charge in [0.25, 0.3) is 0 Å². The fourth-order valence-electron chi connectivity index (χ4n) is 9.34. The summed E-state index contributed by atoms with van der Waals surface area (Å²) < 4.78 is 9.19. The molecule has 2 atom stereocenters. The average molecular weight is 576 g/mol. The Balaban J connectivity index is 1.21. The molecule has 7 aromatic rings. The summed E-state index contributed by atoms with van der Waals surface area (Å²) in [7, 11) is 0. The summed E-state index contributed by atoms with van der Waals surface area (Å²) in [6.45, 7) is 4.78. The van der Waals surface area contributed by atoms with Crippen LogP contribution in [0, 0.1) is 11.8 Å². The van der Waals surface area contributed by atoms with Gasteiger partial charge in [-0.15, -0.1) is 0 Å². The predicted molar refractivity (Wildman–Crippen MR) is 187 cm³/mol. The number of fused-ring (bicyclic) bond motifs is 14. The van der Waals surface area contributed by atoms with E-state index in [1.165, 1.54) is 82.8 Å². The molecule has 0 radical (unpaired) electrons. The monoisotopic (exact) mass is 575 g/mol. The maximum Gasteiger partial charge on any atom is 0.143 e. The highest BCUT2D eigenvalue weighted by molar-refractivity contribution is 6.18. The number of para-hydroxylation sites is 2.